The van der Waals surface area contributed by atoms with Crippen molar-refractivity contribution in [3.05, 3.63) is 10.4 Å². The van der Waals surface area contributed by atoms with E-state index in [1.807, 2.05) is 0 Å². The van der Waals surface area contributed by atoms with Crippen LogP contribution in [0.15, 0.2) is 5.11 Å². The van der Waals surface area contributed by atoms with Gasteiger partial charge in [0.1, 0.15) is 18.2 Å². The maximum Gasteiger partial charge on any atom is 0.265 e. The highest BCUT2D eigenvalue weighted by Gasteiger charge is 2.46. The number of rotatable bonds is 3. The van der Waals surface area contributed by atoms with Crippen molar-refractivity contribution in [1.29, 1.82) is 5.41 Å². The monoisotopic (exact) mass is 348 g/mol. The number of nitrogens with one attached hydrogen (secondary N) is 1. The minimum Gasteiger partial charge on any atom is -0.448 e. The highest BCUT2D eigenvalue weighted by atomic mass is 35.6. The molecule has 0 spiro atoms. The summed E-state index contributed by atoms with van der Waals surface area (Å²) in [5, 5.41) is 39.1. The molecule has 1 saturated heterocycles. The van der Waals surface area contributed by atoms with Gasteiger partial charge in [-0.3, -0.25) is 5.41 Å². The maximum absolute atomic E-state index is 9.80. The molecule has 0 aromatic heterocycles. The highest BCUT2D eigenvalue weighted by Crippen LogP contribution is 2.31. The van der Waals surface area contributed by atoms with Gasteiger partial charge in [0.2, 0.25) is 12.2 Å². The predicted octanol–water partition coefficient (Wildman–Crippen LogP) is 0.468. The predicted molar refractivity (Wildman–Crippen MR) is 69.8 cm³/mol. The van der Waals surface area contributed by atoms with Crippen LogP contribution in [0.2, 0.25) is 0 Å². The van der Waals surface area contributed by atoms with E-state index in [2.05, 4.69) is 10.0 Å². The van der Waals surface area contributed by atoms with Crippen molar-refractivity contribution in [2.24, 2.45) is 5.11 Å². The summed E-state index contributed by atoms with van der Waals surface area (Å²) in [7, 11) is 0. The molecule has 1 heterocycles. The Labute approximate surface area is 128 Å². The molecule has 12 heteroatoms. The van der Waals surface area contributed by atoms with Crippen molar-refractivity contribution in [2.75, 3.05) is 6.61 Å². The van der Waals surface area contributed by atoms with Crippen molar-refractivity contribution in [3.63, 3.8) is 0 Å². The second-order valence-corrected chi connectivity index (χ2v) is 6.13. The molecule has 0 saturated carbocycles. The molecular weight excluding hydrogens is 338 g/mol. The Morgan fingerprint density at radius 3 is 2.45 bits per heavy atom. The summed E-state index contributed by atoms with van der Waals surface area (Å²) in [5.74, 6) is -0.828. The van der Waals surface area contributed by atoms with Gasteiger partial charge in [-0.05, 0) is 5.53 Å². The Morgan fingerprint density at radius 2 is 2.00 bits per heavy atom. The fourth-order valence-electron chi connectivity index (χ4n) is 1.53. The summed E-state index contributed by atoms with van der Waals surface area (Å²) in [5.41, 5.74) is 8.43. The number of azide groups is 1. The van der Waals surface area contributed by atoms with E-state index in [0.29, 0.717) is 0 Å². The summed E-state index contributed by atoms with van der Waals surface area (Å²) in [6.07, 6.45) is -5.78. The molecule has 0 amide bonds. The molecule has 1 rings (SSSR count). The molecule has 1 unspecified atom stereocenters. The zero-order valence-corrected chi connectivity index (χ0v) is 12.0. The van der Waals surface area contributed by atoms with Crippen molar-refractivity contribution in [1.82, 2.24) is 0 Å². The fraction of sp³-hybridized carbons (Fsp3) is 0.875. The van der Waals surface area contributed by atoms with E-state index in [1.165, 1.54) is 0 Å². The number of hydrogen-bond donors (Lipinski definition) is 4. The SMILES string of the molecule is [N-]=[N+]=N[C@H]1C(OC(=N)C(Cl)(Cl)Cl)O[C@H](CO)[C@@H](O)[C@@H]1O. The van der Waals surface area contributed by atoms with E-state index in [1.54, 1.807) is 0 Å². The lowest BCUT2D eigenvalue weighted by Crippen LogP contribution is -2.59. The van der Waals surface area contributed by atoms with Gasteiger partial charge < -0.3 is 24.8 Å². The van der Waals surface area contributed by atoms with E-state index in [4.69, 9.17) is 60.3 Å². The number of nitrogens with zero attached hydrogens (tertiary/aromatic N) is 3. The third kappa shape index (κ3) is 4.00. The summed E-state index contributed by atoms with van der Waals surface area (Å²) >= 11 is 16.3. The third-order valence-corrected chi connectivity index (χ3v) is 3.04. The molecule has 0 bridgehead atoms. The topological polar surface area (TPSA) is 152 Å². The van der Waals surface area contributed by atoms with Crippen LogP contribution in [0.1, 0.15) is 0 Å². The Bertz CT molecular complexity index is 413. The number of hydrogen-bond acceptors (Lipinski definition) is 7. The van der Waals surface area contributed by atoms with Crippen LogP contribution in [-0.2, 0) is 9.47 Å². The van der Waals surface area contributed by atoms with E-state index < -0.39 is 46.9 Å². The summed E-state index contributed by atoms with van der Waals surface area (Å²) in [6.45, 7) is -0.637. The first-order chi connectivity index (χ1) is 9.22. The Balaban J connectivity index is 2.94. The van der Waals surface area contributed by atoms with Gasteiger partial charge in [-0.2, -0.15) is 0 Å². The van der Waals surface area contributed by atoms with E-state index in [0.717, 1.165) is 0 Å². The Hall–Kier alpha value is -0.510. The van der Waals surface area contributed by atoms with Crippen molar-refractivity contribution in [2.45, 2.75) is 34.4 Å². The van der Waals surface area contributed by atoms with Crippen LogP contribution in [0.3, 0.4) is 0 Å². The molecule has 5 atom stereocenters. The highest BCUT2D eigenvalue weighted by molar-refractivity contribution is 6.76. The minimum atomic E-state index is -2.18. The Kier molecular flexibility index (Phi) is 6.11. The summed E-state index contributed by atoms with van der Waals surface area (Å²) in [4.78, 5) is 2.48. The molecule has 9 nitrogen and oxygen atoms in total. The second kappa shape index (κ2) is 6.97. The third-order valence-electron chi connectivity index (χ3n) is 2.52. The van der Waals surface area contributed by atoms with Gasteiger partial charge in [0.05, 0.1) is 12.7 Å². The zero-order chi connectivity index (χ0) is 15.5. The number of alkyl halides is 3. The van der Waals surface area contributed by atoms with Crippen LogP contribution in [0, 0.1) is 5.41 Å². The largest absolute Gasteiger partial charge is 0.448 e. The quantitative estimate of drug-likeness (QED) is 0.146. The van der Waals surface area contributed by atoms with Crippen LogP contribution in [0.4, 0.5) is 0 Å². The van der Waals surface area contributed by atoms with Crippen molar-refractivity contribution in [3.8, 4) is 0 Å². The van der Waals surface area contributed by atoms with Crippen molar-refractivity contribution < 1.29 is 24.8 Å². The van der Waals surface area contributed by atoms with Gasteiger partial charge in [-0.25, -0.2) is 0 Å². The lowest BCUT2D eigenvalue weighted by molar-refractivity contribution is -0.243. The minimum absolute atomic E-state index is 0.637. The standard InChI is InChI=1S/C8H11Cl3N4O5/c9-8(10,11)7(12)20-6-3(14-15-13)5(18)4(17)2(1-16)19-6/h2-6,12,16-18H,1H2/t2-,3-,4-,5-,6?/m1/s1. The van der Waals surface area contributed by atoms with E-state index in [-0.39, 0.29) is 0 Å². The summed E-state index contributed by atoms with van der Waals surface area (Å²) in [6, 6.07) is -1.38. The molecule has 1 aliphatic rings. The van der Waals surface area contributed by atoms with E-state index in [9.17, 15) is 10.2 Å². The molecule has 20 heavy (non-hydrogen) atoms. The molecule has 0 aromatic carbocycles. The number of aliphatic hydroxyl groups is 3. The average molecular weight is 350 g/mol. The first-order valence-corrected chi connectivity index (χ1v) is 6.34. The molecule has 4 N–H and O–H groups in total. The molecule has 0 radical (unpaired) electrons. The fourth-order valence-corrected chi connectivity index (χ4v) is 1.66. The first-order valence-electron chi connectivity index (χ1n) is 5.21. The van der Waals surface area contributed by atoms with Gasteiger partial charge in [0.25, 0.3) is 3.79 Å². The van der Waals surface area contributed by atoms with Gasteiger partial charge in [-0.1, -0.05) is 39.9 Å². The zero-order valence-electron chi connectivity index (χ0n) is 9.73. The number of ether oxygens (including phenoxy) is 2. The number of aliphatic hydroxyl groups excluding tert-OH is 3. The van der Waals surface area contributed by atoms with Gasteiger partial charge >= 0.3 is 0 Å². The van der Waals surface area contributed by atoms with Gasteiger partial charge in [0.15, 0.2) is 0 Å². The first kappa shape index (κ1) is 17.5. The van der Waals surface area contributed by atoms with Gasteiger partial charge in [0, 0.05) is 4.91 Å². The molecule has 0 aromatic rings. The average Bonchev–Trinajstić information content (AvgIpc) is 2.36. The molecule has 114 valence electrons. The summed E-state index contributed by atoms with van der Waals surface area (Å²) < 4.78 is 7.79. The Morgan fingerprint density at radius 1 is 1.40 bits per heavy atom. The molecular formula is C8H11Cl3N4O5. The molecule has 1 fully saturated rings. The van der Waals surface area contributed by atoms with Crippen LogP contribution in [-0.4, -0.2) is 62.3 Å². The van der Waals surface area contributed by atoms with Crippen LogP contribution < -0.4 is 0 Å². The second-order valence-electron chi connectivity index (χ2n) is 3.85. The lowest BCUT2D eigenvalue weighted by Gasteiger charge is -2.40. The lowest BCUT2D eigenvalue weighted by atomic mass is 9.98. The smallest absolute Gasteiger partial charge is 0.265 e. The molecule has 1 aliphatic heterocycles. The van der Waals surface area contributed by atoms with Crippen LogP contribution in [0.5, 0.6) is 0 Å². The van der Waals surface area contributed by atoms with Crippen LogP contribution in [0.25, 0.3) is 10.4 Å². The molecule has 0 aliphatic carbocycles. The normalized spacial score (nSPS) is 34.2. The maximum atomic E-state index is 9.80. The van der Waals surface area contributed by atoms with E-state index >= 15 is 0 Å². The van der Waals surface area contributed by atoms with Crippen LogP contribution >= 0.6 is 34.8 Å². The van der Waals surface area contributed by atoms with Gasteiger partial charge in [-0.15, -0.1) is 0 Å². The van der Waals surface area contributed by atoms with Crippen molar-refractivity contribution >= 4 is 40.7 Å². The number of halogens is 3.